The van der Waals surface area contributed by atoms with Gasteiger partial charge >= 0.3 is 0 Å². The van der Waals surface area contributed by atoms with Gasteiger partial charge in [-0.1, -0.05) is 0 Å². The molecular weight excluding hydrogens is 166 g/mol. The van der Waals surface area contributed by atoms with Gasteiger partial charge in [-0.15, -0.1) is 10.2 Å². The highest BCUT2D eigenvalue weighted by molar-refractivity contribution is 5.35. The molecule has 1 atom stereocenters. The van der Waals surface area contributed by atoms with Crippen molar-refractivity contribution in [3.63, 3.8) is 0 Å². The van der Waals surface area contributed by atoms with Crippen LogP contribution in [0, 0.1) is 6.20 Å². The molecule has 4 heteroatoms. The summed E-state index contributed by atoms with van der Waals surface area (Å²) in [5.74, 6) is 0.780. The van der Waals surface area contributed by atoms with Gasteiger partial charge in [0.2, 0.25) is 0 Å². The van der Waals surface area contributed by atoms with E-state index >= 15 is 0 Å². The molecule has 1 N–H and O–H groups in total. The van der Waals surface area contributed by atoms with Gasteiger partial charge in [-0.2, -0.15) is 0 Å². The topological polar surface area (TPSA) is 49.2 Å². The zero-order valence-corrected chi connectivity index (χ0v) is 7.94. The van der Waals surface area contributed by atoms with Gasteiger partial charge in [0.25, 0.3) is 0 Å². The zero-order valence-electron chi connectivity index (χ0n) is 7.94. The number of aromatic nitrogens is 2. The Balaban J connectivity index is 2.67. The van der Waals surface area contributed by atoms with Crippen LogP contribution in [-0.2, 0) is 0 Å². The van der Waals surface area contributed by atoms with Crippen LogP contribution in [0.4, 0.5) is 5.82 Å². The second kappa shape index (κ2) is 4.77. The van der Waals surface area contributed by atoms with Crippen molar-refractivity contribution in [2.45, 2.75) is 20.0 Å². The van der Waals surface area contributed by atoms with Crippen molar-refractivity contribution in [1.29, 1.82) is 0 Å². The van der Waals surface area contributed by atoms with Gasteiger partial charge in [0.05, 0.1) is 6.10 Å². The fourth-order valence-electron chi connectivity index (χ4n) is 1.13. The zero-order chi connectivity index (χ0) is 9.68. The Hall–Kier alpha value is -1.16. The molecule has 0 spiro atoms. The van der Waals surface area contributed by atoms with Crippen LogP contribution in [-0.4, -0.2) is 34.5 Å². The quantitative estimate of drug-likeness (QED) is 0.732. The molecule has 0 aromatic carbocycles. The predicted molar refractivity (Wildman–Crippen MR) is 50.4 cm³/mol. The molecule has 0 fully saturated rings. The maximum atomic E-state index is 9.22. The summed E-state index contributed by atoms with van der Waals surface area (Å²) < 4.78 is 0. The molecule has 1 radical (unpaired) electrons. The third kappa shape index (κ3) is 2.99. The molecule has 0 saturated heterocycles. The van der Waals surface area contributed by atoms with E-state index < -0.39 is 0 Å². The second-order valence-electron chi connectivity index (χ2n) is 2.91. The summed E-state index contributed by atoms with van der Waals surface area (Å²) >= 11 is 0. The van der Waals surface area contributed by atoms with Gasteiger partial charge in [0.15, 0.2) is 5.82 Å². The van der Waals surface area contributed by atoms with Crippen LogP contribution in [0.25, 0.3) is 0 Å². The predicted octanol–water partition coefficient (Wildman–Crippen LogP) is 0.484. The number of hydrogen-bond donors (Lipinski definition) is 1. The summed E-state index contributed by atoms with van der Waals surface area (Å²) in [5.41, 5.74) is 0. The highest BCUT2D eigenvalue weighted by atomic mass is 16.3. The Bertz CT molecular complexity index is 238. The average Bonchev–Trinajstić information content (AvgIpc) is 2.15. The normalized spacial score (nSPS) is 12.5. The molecule has 1 unspecified atom stereocenters. The summed E-state index contributed by atoms with van der Waals surface area (Å²) in [4.78, 5) is 1.96. The van der Waals surface area contributed by atoms with E-state index in [-0.39, 0.29) is 6.10 Å². The number of hydrogen-bond acceptors (Lipinski definition) is 4. The molecule has 1 aromatic heterocycles. The molecule has 0 saturated carbocycles. The molecule has 1 heterocycles. The highest BCUT2D eigenvalue weighted by Gasteiger charge is 2.07. The molecule has 0 aliphatic rings. The summed E-state index contributed by atoms with van der Waals surface area (Å²) in [6, 6.07) is 3.55. The minimum Gasteiger partial charge on any atom is -0.392 e. The van der Waals surface area contributed by atoms with Crippen LogP contribution < -0.4 is 4.90 Å². The SMILES string of the molecule is CCN(CC(C)O)c1cc[c]nn1. The lowest BCUT2D eigenvalue weighted by molar-refractivity contribution is 0.200. The smallest absolute Gasteiger partial charge is 0.151 e. The van der Waals surface area contributed by atoms with E-state index in [2.05, 4.69) is 16.4 Å². The summed E-state index contributed by atoms with van der Waals surface area (Å²) in [6.07, 6.45) is 2.26. The van der Waals surface area contributed by atoms with Crippen molar-refractivity contribution in [3.05, 3.63) is 18.3 Å². The first kappa shape index (κ1) is 9.92. The first-order chi connectivity index (χ1) is 6.24. The third-order valence-corrected chi connectivity index (χ3v) is 1.71. The molecule has 1 aromatic rings. The van der Waals surface area contributed by atoms with Crippen molar-refractivity contribution in [1.82, 2.24) is 10.2 Å². The lowest BCUT2D eigenvalue weighted by Crippen LogP contribution is -2.31. The lowest BCUT2D eigenvalue weighted by Gasteiger charge is -2.22. The van der Waals surface area contributed by atoms with Crippen LogP contribution in [0.5, 0.6) is 0 Å². The van der Waals surface area contributed by atoms with Crippen molar-refractivity contribution >= 4 is 5.82 Å². The van der Waals surface area contributed by atoms with Gasteiger partial charge in [0.1, 0.15) is 6.20 Å². The van der Waals surface area contributed by atoms with Crippen molar-refractivity contribution in [2.75, 3.05) is 18.0 Å². The van der Waals surface area contributed by atoms with Crippen molar-refractivity contribution < 1.29 is 5.11 Å². The second-order valence-corrected chi connectivity index (χ2v) is 2.91. The minimum atomic E-state index is -0.356. The number of nitrogens with zero attached hydrogens (tertiary/aromatic N) is 3. The Kier molecular flexibility index (Phi) is 3.64. The van der Waals surface area contributed by atoms with Gasteiger partial charge in [-0.3, -0.25) is 0 Å². The minimum absolute atomic E-state index is 0.356. The largest absolute Gasteiger partial charge is 0.392 e. The molecular formula is C9H14N3O. The molecule has 1 rings (SSSR count). The monoisotopic (exact) mass is 180 g/mol. The Morgan fingerprint density at radius 3 is 2.92 bits per heavy atom. The van der Waals surface area contributed by atoms with Crippen molar-refractivity contribution in [3.8, 4) is 0 Å². The number of rotatable bonds is 4. The standard InChI is InChI=1S/C9H14N3O/c1-3-12(7-8(2)13)9-5-4-6-10-11-9/h4-5,8,13H,3,7H2,1-2H3. The van der Waals surface area contributed by atoms with E-state index in [1.54, 1.807) is 13.0 Å². The van der Waals surface area contributed by atoms with Gasteiger partial charge in [0, 0.05) is 13.1 Å². The van der Waals surface area contributed by atoms with E-state index in [1.165, 1.54) is 0 Å². The third-order valence-electron chi connectivity index (χ3n) is 1.71. The number of aliphatic hydroxyl groups is 1. The fourth-order valence-corrected chi connectivity index (χ4v) is 1.13. The number of anilines is 1. The van der Waals surface area contributed by atoms with Gasteiger partial charge in [-0.25, -0.2) is 0 Å². The molecule has 13 heavy (non-hydrogen) atoms. The van der Waals surface area contributed by atoms with E-state index in [0.717, 1.165) is 12.4 Å². The Morgan fingerprint density at radius 1 is 1.69 bits per heavy atom. The molecule has 0 aliphatic heterocycles. The van der Waals surface area contributed by atoms with Crippen LogP contribution >= 0.6 is 0 Å². The van der Waals surface area contributed by atoms with E-state index in [9.17, 15) is 5.11 Å². The summed E-state index contributed by atoms with van der Waals surface area (Å²) in [7, 11) is 0. The van der Waals surface area contributed by atoms with Crippen LogP contribution in [0.2, 0.25) is 0 Å². The van der Waals surface area contributed by atoms with E-state index in [0.29, 0.717) is 6.54 Å². The maximum absolute atomic E-state index is 9.22. The molecule has 0 aliphatic carbocycles. The van der Waals surface area contributed by atoms with E-state index in [4.69, 9.17) is 0 Å². The summed E-state index contributed by atoms with van der Waals surface area (Å²) in [6.45, 7) is 5.16. The Morgan fingerprint density at radius 2 is 2.46 bits per heavy atom. The number of aliphatic hydroxyl groups excluding tert-OH is 1. The van der Waals surface area contributed by atoms with E-state index in [1.807, 2.05) is 17.9 Å². The Labute approximate surface area is 78.2 Å². The maximum Gasteiger partial charge on any atom is 0.151 e. The fraction of sp³-hybridized carbons (Fsp3) is 0.556. The van der Waals surface area contributed by atoms with Gasteiger partial charge in [-0.05, 0) is 26.0 Å². The molecule has 4 nitrogen and oxygen atoms in total. The van der Waals surface area contributed by atoms with Crippen LogP contribution in [0.1, 0.15) is 13.8 Å². The molecule has 0 bridgehead atoms. The van der Waals surface area contributed by atoms with Gasteiger partial charge < -0.3 is 10.0 Å². The molecule has 71 valence electrons. The van der Waals surface area contributed by atoms with Crippen LogP contribution in [0.3, 0.4) is 0 Å². The first-order valence-corrected chi connectivity index (χ1v) is 4.36. The van der Waals surface area contributed by atoms with Crippen molar-refractivity contribution in [2.24, 2.45) is 0 Å². The first-order valence-electron chi connectivity index (χ1n) is 4.36. The lowest BCUT2D eigenvalue weighted by atomic mass is 10.3. The van der Waals surface area contributed by atoms with Crippen LogP contribution in [0.15, 0.2) is 12.1 Å². The number of likely N-dealkylation sites (N-methyl/N-ethyl adjacent to an activating group) is 1. The summed E-state index contributed by atoms with van der Waals surface area (Å²) in [5, 5.41) is 16.8. The highest BCUT2D eigenvalue weighted by Crippen LogP contribution is 2.07. The molecule has 0 amide bonds. The average molecular weight is 180 g/mol.